The predicted molar refractivity (Wildman–Crippen MR) is 74.8 cm³/mol. The van der Waals surface area contributed by atoms with Crippen LogP contribution >= 0.6 is 0 Å². The highest BCUT2D eigenvalue weighted by atomic mass is 16.1. The molecule has 0 saturated carbocycles. The topological polar surface area (TPSA) is 60.7 Å². The Morgan fingerprint density at radius 1 is 1.17 bits per heavy atom. The van der Waals surface area contributed by atoms with E-state index in [0.717, 1.165) is 29.9 Å². The van der Waals surface area contributed by atoms with Crippen LogP contribution in [0.3, 0.4) is 0 Å². The van der Waals surface area contributed by atoms with Gasteiger partial charge in [-0.15, -0.1) is 0 Å². The normalized spacial score (nSPS) is 10.8. The summed E-state index contributed by atoms with van der Waals surface area (Å²) >= 11 is 0. The Kier molecular flexibility index (Phi) is 3.87. The van der Waals surface area contributed by atoms with Gasteiger partial charge in [0.25, 0.3) is 5.56 Å². The fourth-order valence-electron chi connectivity index (χ4n) is 1.76. The van der Waals surface area contributed by atoms with Crippen LogP contribution in [-0.2, 0) is 0 Å². The van der Waals surface area contributed by atoms with Crippen molar-refractivity contribution in [3.05, 3.63) is 40.7 Å². The molecule has 0 aliphatic rings. The molecule has 96 valence electrons. The Hall–Kier alpha value is -1.97. The fourth-order valence-corrected chi connectivity index (χ4v) is 1.76. The number of anilines is 1. The van der Waals surface area contributed by atoms with Crippen molar-refractivity contribution in [2.24, 2.45) is 5.92 Å². The maximum atomic E-state index is 11.0. The van der Waals surface area contributed by atoms with E-state index in [-0.39, 0.29) is 5.56 Å². The van der Waals surface area contributed by atoms with Gasteiger partial charge in [0, 0.05) is 18.3 Å². The van der Waals surface area contributed by atoms with Crippen LogP contribution in [0, 0.1) is 5.92 Å². The average Bonchev–Trinajstić information content (AvgIpc) is 2.76. The number of nitrogens with one attached hydrogen (secondary N) is 3. The number of hydrogen-bond acceptors (Lipinski definition) is 2. The molecule has 0 amide bonds. The van der Waals surface area contributed by atoms with E-state index >= 15 is 0 Å². The molecule has 0 radical (unpaired) electrons. The lowest BCUT2D eigenvalue weighted by molar-refractivity contribution is 0.607. The van der Waals surface area contributed by atoms with Crippen molar-refractivity contribution in [2.75, 3.05) is 11.9 Å². The maximum Gasteiger partial charge on any atom is 0.264 e. The van der Waals surface area contributed by atoms with E-state index in [0.29, 0.717) is 5.92 Å². The van der Waals surface area contributed by atoms with Crippen molar-refractivity contribution < 1.29 is 0 Å². The Morgan fingerprint density at radius 2 is 1.89 bits per heavy atom. The third-order valence-electron chi connectivity index (χ3n) is 2.84. The van der Waals surface area contributed by atoms with Crippen molar-refractivity contribution in [1.29, 1.82) is 0 Å². The molecule has 1 heterocycles. The Balaban J connectivity index is 1.99. The van der Waals surface area contributed by atoms with Crippen LogP contribution in [-0.4, -0.2) is 16.7 Å². The summed E-state index contributed by atoms with van der Waals surface area (Å²) in [5.74, 6) is 0.710. The molecule has 2 rings (SSSR count). The lowest BCUT2D eigenvalue weighted by atomic mass is 10.1. The van der Waals surface area contributed by atoms with Crippen LogP contribution in [0.2, 0.25) is 0 Å². The minimum Gasteiger partial charge on any atom is -0.385 e. The third-order valence-corrected chi connectivity index (χ3v) is 2.84. The van der Waals surface area contributed by atoms with E-state index < -0.39 is 0 Å². The highest BCUT2D eigenvalue weighted by Gasteiger charge is 2.00. The van der Waals surface area contributed by atoms with Gasteiger partial charge in [0.05, 0.1) is 5.69 Å². The van der Waals surface area contributed by atoms with Gasteiger partial charge in [-0.25, -0.2) is 0 Å². The summed E-state index contributed by atoms with van der Waals surface area (Å²) in [5.41, 5.74) is 2.82. The first-order valence-electron chi connectivity index (χ1n) is 6.27. The van der Waals surface area contributed by atoms with Gasteiger partial charge in [0.1, 0.15) is 0 Å². The van der Waals surface area contributed by atoms with Gasteiger partial charge in [0.15, 0.2) is 0 Å². The molecular formula is C14H19N3O. The Morgan fingerprint density at radius 3 is 2.44 bits per heavy atom. The molecule has 18 heavy (non-hydrogen) atoms. The average molecular weight is 245 g/mol. The molecule has 0 atom stereocenters. The Bertz CT molecular complexity index is 537. The van der Waals surface area contributed by atoms with Crippen molar-refractivity contribution >= 4 is 5.69 Å². The lowest BCUT2D eigenvalue weighted by Crippen LogP contribution is -2.04. The monoisotopic (exact) mass is 245 g/mol. The molecular weight excluding hydrogens is 226 g/mol. The minimum atomic E-state index is -0.107. The molecule has 1 aromatic heterocycles. The second-order valence-electron chi connectivity index (χ2n) is 4.86. The van der Waals surface area contributed by atoms with Gasteiger partial charge in [-0.3, -0.25) is 15.0 Å². The van der Waals surface area contributed by atoms with E-state index in [1.807, 2.05) is 24.3 Å². The third kappa shape index (κ3) is 3.26. The molecule has 0 aliphatic heterocycles. The molecule has 0 spiro atoms. The molecule has 0 aliphatic carbocycles. The predicted octanol–water partition coefficient (Wildman–Crippen LogP) is 2.83. The molecule has 3 N–H and O–H groups in total. The highest BCUT2D eigenvalue weighted by molar-refractivity contribution is 5.62. The molecule has 4 heteroatoms. The molecule has 4 nitrogen and oxygen atoms in total. The zero-order chi connectivity index (χ0) is 13.0. The standard InChI is InChI=1S/C14H19N3O/c1-10(2)7-8-15-12-5-3-11(4-6-12)13-9-14(18)17-16-13/h3-6,9-10,15H,7-8H2,1-2H3,(H2,16,17,18). The SMILES string of the molecule is CC(C)CCNc1ccc(-c2cc(=O)[nH][nH]2)cc1. The largest absolute Gasteiger partial charge is 0.385 e. The fraction of sp³-hybridized carbons (Fsp3) is 0.357. The van der Waals surface area contributed by atoms with Crippen molar-refractivity contribution in [3.63, 3.8) is 0 Å². The van der Waals surface area contributed by atoms with Gasteiger partial charge >= 0.3 is 0 Å². The number of H-pyrrole nitrogens is 2. The molecule has 1 aromatic carbocycles. The van der Waals surface area contributed by atoms with Crippen molar-refractivity contribution in [3.8, 4) is 11.3 Å². The first-order valence-corrected chi connectivity index (χ1v) is 6.27. The molecule has 0 fully saturated rings. The summed E-state index contributed by atoms with van der Waals surface area (Å²) < 4.78 is 0. The summed E-state index contributed by atoms with van der Waals surface area (Å²) in [6.07, 6.45) is 1.16. The number of hydrogen-bond donors (Lipinski definition) is 3. The first-order chi connectivity index (χ1) is 8.65. The van der Waals surface area contributed by atoms with Gasteiger partial charge in [-0.2, -0.15) is 0 Å². The summed E-state index contributed by atoms with van der Waals surface area (Å²) in [7, 11) is 0. The summed E-state index contributed by atoms with van der Waals surface area (Å²) in [5, 5.41) is 8.75. The molecule has 2 aromatic rings. The van der Waals surface area contributed by atoms with Crippen LogP contribution in [0.25, 0.3) is 11.3 Å². The van der Waals surface area contributed by atoms with Crippen LogP contribution < -0.4 is 10.9 Å². The van der Waals surface area contributed by atoms with Crippen LogP contribution in [0.15, 0.2) is 35.1 Å². The number of aromatic amines is 2. The van der Waals surface area contributed by atoms with E-state index in [4.69, 9.17) is 0 Å². The van der Waals surface area contributed by atoms with E-state index in [1.165, 1.54) is 0 Å². The zero-order valence-electron chi connectivity index (χ0n) is 10.8. The van der Waals surface area contributed by atoms with Crippen molar-refractivity contribution in [1.82, 2.24) is 10.2 Å². The highest BCUT2D eigenvalue weighted by Crippen LogP contribution is 2.18. The summed E-state index contributed by atoms with van der Waals surface area (Å²) in [6.45, 7) is 5.41. The van der Waals surface area contributed by atoms with E-state index in [2.05, 4.69) is 29.4 Å². The summed E-state index contributed by atoms with van der Waals surface area (Å²) in [6, 6.07) is 9.61. The van der Waals surface area contributed by atoms with Gasteiger partial charge in [-0.05, 0) is 30.0 Å². The number of benzene rings is 1. The minimum absolute atomic E-state index is 0.107. The number of aromatic nitrogens is 2. The molecule has 0 saturated heterocycles. The second kappa shape index (κ2) is 5.58. The van der Waals surface area contributed by atoms with Gasteiger partial charge < -0.3 is 5.32 Å². The summed E-state index contributed by atoms with van der Waals surface area (Å²) in [4.78, 5) is 11.0. The maximum absolute atomic E-state index is 11.0. The quantitative estimate of drug-likeness (QED) is 0.758. The van der Waals surface area contributed by atoms with Crippen molar-refractivity contribution in [2.45, 2.75) is 20.3 Å². The van der Waals surface area contributed by atoms with Gasteiger partial charge in [0.2, 0.25) is 0 Å². The van der Waals surface area contributed by atoms with Crippen LogP contribution in [0.4, 0.5) is 5.69 Å². The van der Waals surface area contributed by atoms with E-state index in [1.54, 1.807) is 6.07 Å². The van der Waals surface area contributed by atoms with Gasteiger partial charge in [-0.1, -0.05) is 26.0 Å². The Labute approximate surface area is 106 Å². The van der Waals surface area contributed by atoms with Crippen LogP contribution in [0.1, 0.15) is 20.3 Å². The second-order valence-corrected chi connectivity index (χ2v) is 4.86. The first kappa shape index (κ1) is 12.5. The zero-order valence-corrected chi connectivity index (χ0v) is 10.8. The van der Waals surface area contributed by atoms with E-state index in [9.17, 15) is 4.79 Å². The number of rotatable bonds is 5. The lowest BCUT2D eigenvalue weighted by Gasteiger charge is -2.08. The molecule has 0 unspecified atom stereocenters. The molecule has 0 bridgehead atoms. The smallest absolute Gasteiger partial charge is 0.264 e. The van der Waals surface area contributed by atoms with Crippen LogP contribution in [0.5, 0.6) is 0 Å².